The van der Waals surface area contributed by atoms with Gasteiger partial charge in [-0.1, -0.05) is 35.9 Å². The number of nitriles is 1. The lowest BCUT2D eigenvalue weighted by atomic mass is 10.0. The van der Waals surface area contributed by atoms with Gasteiger partial charge in [-0.05, 0) is 24.3 Å². The molecule has 1 heterocycles. The topological polar surface area (TPSA) is 73.2 Å². The molecule has 0 saturated carbocycles. The van der Waals surface area contributed by atoms with Gasteiger partial charge in [0.15, 0.2) is 0 Å². The van der Waals surface area contributed by atoms with Gasteiger partial charge >= 0.3 is 0 Å². The van der Waals surface area contributed by atoms with E-state index in [1.807, 2.05) is 6.07 Å². The van der Waals surface area contributed by atoms with Crippen LogP contribution < -0.4 is 5.32 Å². The van der Waals surface area contributed by atoms with Crippen molar-refractivity contribution in [2.45, 2.75) is 6.04 Å². The van der Waals surface area contributed by atoms with E-state index in [2.05, 4.69) is 5.32 Å². The Morgan fingerprint density at radius 1 is 1.25 bits per heavy atom. The Morgan fingerprint density at radius 2 is 2.04 bits per heavy atom. The molecule has 120 valence electrons. The van der Waals surface area contributed by atoms with Crippen molar-refractivity contribution in [2.75, 3.05) is 13.1 Å². The summed E-state index contributed by atoms with van der Waals surface area (Å²) in [5.74, 6) is -0.564. The number of piperazine rings is 1. The maximum absolute atomic E-state index is 12.9. The summed E-state index contributed by atoms with van der Waals surface area (Å²) in [5, 5.41) is 12.2. The molecule has 1 fully saturated rings. The van der Waals surface area contributed by atoms with Crippen molar-refractivity contribution in [3.63, 3.8) is 0 Å². The van der Waals surface area contributed by atoms with Gasteiger partial charge < -0.3 is 10.2 Å². The highest BCUT2D eigenvalue weighted by atomic mass is 35.5. The summed E-state index contributed by atoms with van der Waals surface area (Å²) in [6.45, 7) is 0.751. The van der Waals surface area contributed by atoms with Crippen LogP contribution in [0, 0.1) is 11.3 Å². The Bertz CT molecular complexity index is 844. The summed E-state index contributed by atoms with van der Waals surface area (Å²) < 4.78 is 0. The SMILES string of the molecule is N#Cc1cccc(C(=O)N2CCNC(=O)C2c2ccccc2Cl)c1. The second kappa shape index (κ2) is 6.73. The first-order valence-corrected chi connectivity index (χ1v) is 7.83. The summed E-state index contributed by atoms with van der Waals surface area (Å²) in [6, 6.07) is 14.7. The van der Waals surface area contributed by atoms with Crippen LogP contribution in [0.2, 0.25) is 5.02 Å². The number of benzene rings is 2. The van der Waals surface area contributed by atoms with E-state index in [4.69, 9.17) is 16.9 Å². The third-order valence-electron chi connectivity index (χ3n) is 3.91. The van der Waals surface area contributed by atoms with Gasteiger partial charge in [0.2, 0.25) is 5.91 Å². The van der Waals surface area contributed by atoms with Crippen LogP contribution in [0.4, 0.5) is 0 Å². The molecule has 6 heteroatoms. The van der Waals surface area contributed by atoms with E-state index in [-0.39, 0.29) is 11.8 Å². The monoisotopic (exact) mass is 339 g/mol. The molecule has 2 aromatic rings. The molecule has 1 aliphatic heterocycles. The highest BCUT2D eigenvalue weighted by Crippen LogP contribution is 2.30. The summed E-state index contributed by atoms with van der Waals surface area (Å²) >= 11 is 6.23. The summed E-state index contributed by atoms with van der Waals surface area (Å²) in [5.41, 5.74) is 1.36. The van der Waals surface area contributed by atoms with E-state index in [9.17, 15) is 9.59 Å². The van der Waals surface area contributed by atoms with Gasteiger partial charge in [0.1, 0.15) is 6.04 Å². The zero-order valence-corrected chi connectivity index (χ0v) is 13.5. The first-order chi connectivity index (χ1) is 11.6. The number of hydrogen-bond acceptors (Lipinski definition) is 3. The molecule has 3 rings (SSSR count). The Morgan fingerprint density at radius 3 is 2.79 bits per heavy atom. The largest absolute Gasteiger partial charge is 0.352 e. The van der Waals surface area contributed by atoms with Gasteiger partial charge in [-0.2, -0.15) is 5.26 Å². The van der Waals surface area contributed by atoms with Crippen molar-refractivity contribution in [3.05, 3.63) is 70.2 Å². The number of carbonyl (C=O) groups is 2. The van der Waals surface area contributed by atoms with Gasteiger partial charge in [-0.3, -0.25) is 9.59 Å². The lowest BCUT2D eigenvalue weighted by Crippen LogP contribution is -2.52. The number of hydrogen-bond donors (Lipinski definition) is 1. The lowest BCUT2D eigenvalue weighted by molar-refractivity contribution is -0.128. The van der Waals surface area contributed by atoms with Crippen molar-refractivity contribution in [1.29, 1.82) is 5.26 Å². The molecule has 24 heavy (non-hydrogen) atoms. The fraction of sp³-hybridized carbons (Fsp3) is 0.167. The van der Waals surface area contributed by atoms with Gasteiger partial charge in [0.05, 0.1) is 11.6 Å². The Kier molecular flexibility index (Phi) is 4.50. The van der Waals surface area contributed by atoms with Crippen LogP contribution in [0.1, 0.15) is 27.5 Å². The standard InChI is InChI=1S/C18H14ClN3O2/c19-15-7-2-1-6-14(15)16-17(23)21-8-9-22(16)18(24)13-5-3-4-12(10-13)11-20/h1-7,10,16H,8-9H2,(H,21,23). The maximum Gasteiger partial charge on any atom is 0.254 e. The average Bonchev–Trinajstić information content (AvgIpc) is 2.62. The predicted molar refractivity (Wildman–Crippen MR) is 89.4 cm³/mol. The van der Waals surface area contributed by atoms with E-state index in [1.165, 1.54) is 11.0 Å². The van der Waals surface area contributed by atoms with E-state index >= 15 is 0 Å². The quantitative estimate of drug-likeness (QED) is 0.913. The van der Waals surface area contributed by atoms with Gasteiger partial charge in [0.25, 0.3) is 5.91 Å². The zero-order valence-electron chi connectivity index (χ0n) is 12.7. The van der Waals surface area contributed by atoms with Crippen molar-refractivity contribution in [1.82, 2.24) is 10.2 Å². The number of nitrogens with zero attached hydrogens (tertiary/aromatic N) is 2. The van der Waals surface area contributed by atoms with Crippen molar-refractivity contribution in [3.8, 4) is 6.07 Å². The molecular formula is C18H14ClN3O2. The molecule has 2 amide bonds. The normalized spacial score (nSPS) is 17.1. The fourth-order valence-electron chi connectivity index (χ4n) is 2.78. The first kappa shape index (κ1) is 16.0. The van der Waals surface area contributed by atoms with Gasteiger partial charge in [0, 0.05) is 29.2 Å². The minimum atomic E-state index is -0.786. The van der Waals surface area contributed by atoms with Crippen LogP contribution in [0.3, 0.4) is 0 Å². The molecule has 0 aromatic heterocycles. The van der Waals surface area contributed by atoms with E-state index < -0.39 is 6.04 Å². The predicted octanol–water partition coefficient (Wildman–Crippen LogP) is 2.52. The lowest BCUT2D eigenvalue weighted by Gasteiger charge is -2.35. The van der Waals surface area contributed by atoms with Crippen molar-refractivity contribution in [2.24, 2.45) is 0 Å². The van der Waals surface area contributed by atoms with Gasteiger partial charge in [-0.15, -0.1) is 0 Å². The number of nitrogens with one attached hydrogen (secondary N) is 1. The number of halogens is 1. The zero-order chi connectivity index (χ0) is 17.1. The third kappa shape index (κ3) is 2.97. The summed E-state index contributed by atoms with van der Waals surface area (Å²) in [7, 11) is 0. The molecule has 0 bridgehead atoms. The molecule has 0 aliphatic carbocycles. The third-order valence-corrected chi connectivity index (χ3v) is 4.26. The minimum Gasteiger partial charge on any atom is -0.352 e. The Labute approximate surface area is 144 Å². The molecule has 1 atom stereocenters. The molecular weight excluding hydrogens is 326 g/mol. The molecule has 1 unspecified atom stereocenters. The highest BCUT2D eigenvalue weighted by molar-refractivity contribution is 6.31. The second-order valence-corrected chi connectivity index (χ2v) is 5.81. The molecule has 5 nitrogen and oxygen atoms in total. The van der Waals surface area contributed by atoms with Crippen LogP contribution in [0.15, 0.2) is 48.5 Å². The molecule has 1 N–H and O–H groups in total. The maximum atomic E-state index is 12.9. The minimum absolute atomic E-state index is 0.265. The van der Waals surface area contributed by atoms with Crippen LogP contribution in [-0.4, -0.2) is 29.8 Å². The number of carbonyl (C=O) groups excluding carboxylic acids is 2. The Balaban J connectivity index is 2.00. The van der Waals surface area contributed by atoms with E-state index in [0.717, 1.165) is 0 Å². The molecule has 0 spiro atoms. The molecule has 0 radical (unpaired) electrons. The van der Waals surface area contributed by atoms with Crippen LogP contribution in [0.5, 0.6) is 0 Å². The molecule has 2 aromatic carbocycles. The van der Waals surface area contributed by atoms with Crippen LogP contribution in [0.25, 0.3) is 0 Å². The summed E-state index contributed by atoms with van der Waals surface area (Å²) in [4.78, 5) is 26.8. The highest BCUT2D eigenvalue weighted by Gasteiger charge is 2.35. The van der Waals surface area contributed by atoms with Crippen molar-refractivity contribution >= 4 is 23.4 Å². The first-order valence-electron chi connectivity index (χ1n) is 7.45. The smallest absolute Gasteiger partial charge is 0.254 e. The van der Waals surface area contributed by atoms with Crippen LogP contribution >= 0.6 is 11.6 Å². The number of rotatable bonds is 2. The molecule has 1 saturated heterocycles. The van der Waals surface area contributed by atoms with Crippen molar-refractivity contribution < 1.29 is 9.59 Å². The fourth-order valence-corrected chi connectivity index (χ4v) is 3.02. The Hall–Kier alpha value is -2.84. The van der Waals surface area contributed by atoms with E-state index in [0.29, 0.717) is 34.8 Å². The average molecular weight is 340 g/mol. The second-order valence-electron chi connectivity index (χ2n) is 5.41. The molecule has 1 aliphatic rings. The summed E-state index contributed by atoms with van der Waals surface area (Å²) in [6.07, 6.45) is 0. The van der Waals surface area contributed by atoms with E-state index in [1.54, 1.807) is 42.5 Å². The van der Waals surface area contributed by atoms with Crippen LogP contribution in [-0.2, 0) is 4.79 Å². The van der Waals surface area contributed by atoms with Gasteiger partial charge in [-0.25, -0.2) is 0 Å². The number of amides is 2.